The van der Waals surface area contributed by atoms with Crippen LogP contribution in [-0.4, -0.2) is 26.7 Å². The lowest BCUT2D eigenvalue weighted by molar-refractivity contribution is -0.497. The van der Waals surface area contributed by atoms with Crippen molar-refractivity contribution in [3.05, 3.63) is 82.5 Å². The van der Waals surface area contributed by atoms with Crippen molar-refractivity contribution in [3.63, 3.8) is 0 Å². The number of hydrogen-bond donors (Lipinski definition) is 1. The molecule has 4 rings (SSSR count). The van der Waals surface area contributed by atoms with Gasteiger partial charge in [-0.1, -0.05) is 48.5 Å². The number of rotatable bonds is 6. The summed E-state index contributed by atoms with van der Waals surface area (Å²) in [5, 5.41) is 18.3. The molecule has 136 valence electrons. The molecule has 1 saturated carbocycles. The fourth-order valence-corrected chi connectivity index (χ4v) is 3.10. The van der Waals surface area contributed by atoms with Crippen LogP contribution in [0.2, 0.25) is 0 Å². The zero-order chi connectivity index (χ0) is 18.8. The molecule has 2 aromatic carbocycles. The molecule has 0 unspecified atom stereocenters. The lowest BCUT2D eigenvalue weighted by atomic mass is 10.1. The third kappa shape index (κ3) is 3.57. The Hall–Kier alpha value is -3.48. The van der Waals surface area contributed by atoms with Gasteiger partial charge in [-0.05, 0) is 12.1 Å². The predicted molar refractivity (Wildman–Crippen MR) is 99.7 cm³/mol. The third-order valence-electron chi connectivity index (χ3n) is 4.68. The minimum Gasteiger partial charge on any atom is -0.351 e. The second kappa shape index (κ2) is 7.03. The molecule has 1 fully saturated rings. The van der Waals surface area contributed by atoms with Gasteiger partial charge in [-0.25, -0.2) is 4.68 Å². The Bertz CT molecular complexity index is 969. The Morgan fingerprint density at radius 3 is 2.44 bits per heavy atom. The standard InChI is InChI=1S/C20H18N4O3/c25-20(17-11-18(17)24(26)27)21-12-15-13-23(16-9-5-2-6-10-16)22-19(15)14-7-3-1-4-8-14/h1-10,13,17-18H,11-12H2,(H,21,25)/t17-,18+/m0/s1. The number of para-hydroxylation sites is 1. The van der Waals surface area contributed by atoms with E-state index in [-0.39, 0.29) is 17.4 Å². The van der Waals surface area contributed by atoms with Crippen LogP contribution in [0.3, 0.4) is 0 Å². The second-order valence-electron chi connectivity index (χ2n) is 6.56. The fraction of sp³-hybridized carbons (Fsp3) is 0.200. The summed E-state index contributed by atoms with van der Waals surface area (Å²) in [5.74, 6) is -0.799. The highest BCUT2D eigenvalue weighted by Gasteiger charge is 2.53. The van der Waals surface area contributed by atoms with Crippen LogP contribution < -0.4 is 5.32 Å². The van der Waals surface area contributed by atoms with Crippen molar-refractivity contribution in [2.24, 2.45) is 5.92 Å². The van der Waals surface area contributed by atoms with E-state index < -0.39 is 12.0 Å². The first-order valence-corrected chi connectivity index (χ1v) is 8.74. The molecular weight excluding hydrogens is 344 g/mol. The first-order valence-electron chi connectivity index (χ1n) is 8.74. The Morgan fingerprint density at radius 1 is 1.15 bits per heavy atom. The molecule has 27 heavy (non-hydrogen) atoms. The van der Waals surface area contributed by atoms with Crippen LogP contribution in [0.25, 0.3) is 16.9 Å². The summed E-state index contributed by atoms with van der Waals surface area (Å²) in [5.41, 5.74) is 3.51. The number of nitro groups is 1. The number of nitrogens with one attached hydrogen (secondary N) is 1. The van der Waals surface area contributed by atoms with Gasteiger partial charge in [0.15, 0.2) is 0 Å². The van der Waals surface area contributed by atoms with Crippen LogP contribution in [0, 0.1) is 16.0 Å². The first-order chi connectivity index (χ1) is 13.1. The largest absolute Gasteiger partial charge is 0.351 e. The van der Waals surface area contributed by atoms with E-state index >= 15 is 0 Å². The summed E-state index contributed by atoms with van der Waals surface area (Å²) in [6.07, 6.45) is 2.20. The monoisotopic (exact) mass is 362 g/mol. The van der Waals surface area contributed by atoms with Crippen LogP contribution in [0.4, 0.5) is 0 Å². The maximum absolute atomic E-state index is 12.2. The Balaban J connectivity index is 1.58. The Labute approximate surface area is 155 Å². The molecular formula is C20H18N4O3. The minimum atomic E-state index is -0.745. The highest BCUT2D eigenvalue weighted by Crippen LogP contribution is 2.33. The van der Waals surface area contributed by atoms with E-state index in [2.05, 4.69) is 10.4 Å². The molecule has 0 spiro atoms. The summed E-state index contributed by atoms with van der Waals surface area (Å²) in [4.78, 5) is 22.6. The number of aromatic nitrogens is 2. The second-order valence-corrected chi connectivity index (χ2v) is 6.56. The van der Waals surface area contributed by atoms with E-state index in [1.807, 2.05) is 66.9 Å². The van der Waals surface area contributed by atoms with Gasteiger partial charge >= 0.3 is 0 Å². The smallest absolute Gasteiger partial charge is 0.230 e. The number of hydrogen-bond acceptors (Lipinski definition) is 4. The Kier molecular flexibility index (Phi) is 4.42. The van der Waals surface area contributed by atoms with Gasteiger partial charge in [0.05, 0.1) is 11.4 Å². The SMILES string of the molecule is O=C(NCc1cn(-c2ccccc2)nc1-c1ccccc1)[C@H]1C[C@H]1[N+](=O)[O-]. The molecule has 0 aliphatic heterocycles. The van der Waals surface area contributed by atoms with E-state index in [0.29, 0.717) is 6.42 Å². The van der Waals surface area contributed by atoms with Gasteiger partial charge in [0.1, 0.15) is 5.92 Å². The highest BCUT2D eigenvalue weighted by atomic mass is 16.6. The van der Waals surface area contributed by atoms with Gasteiger partial charge < -0.3 is 5.32 Å². The molecule has 1 aliphatic rings. The lowest BCUT2D eigenvalue weighted by Crippen LogP contribution is -2.26. The van der Waals surface area contributed by atoms with Gasteiger partial charge in [-0.3, -0.25) is 14.9 Å². The normalized spacial score (nSPS) is 18.1. The van der Waals surface area contributed by atoms with Gasteiger partial charge in [0.25, 0.3) is 0 Å². The van der Waals surface area contributed by atoms with Crippen LogP contribution in [-0.2, 0) is 11.3 Å². The fourth-order valence-electron chi connectivity index (χ4n) is 3.10. The van der Waals surface area contributed by atoms with Crippen molar-refractivity contribution in [2.75, 3.05) is 0 Å². The summed E-state index contributed by atoms with van der Waals surface area (Å²) in [6.45, 7) is 0.275. The molecule has 1 N–H and O–H groups in total. The quantitative estimate of drug-likeness (QED) is 0.539. The molecule has 0 bridgehead atoms. The molecule has 1 aromatic heterocycles. The number of benzene rings is 2. The van der Waals surface area contributed by atoms with E-state index in [4.69, 9.17) is 0 Å². The molecule has 0 saturated heterocycles. The van der Waals surface area contributed by atoms with E-state index in [0.717, 1.165) is 22.5 Å². The van der Waals surface area contributed by atoms with Gasteiger partial charge in [-0.15, -0.1) is 0 Å². The number of carbonyl (C=O) groups is 1. The van der Waals surface area contributed by atoms with Crippen LogP contribution >= 0.6 is 0 Å². The van der Waals surface area contributed by atoms with Crippen molar-refractivity contribution in [1.29, 1.82) is 0 Å². The minimum absolute atomic E-state index is 0.275. The average Bonchev–Trinajstić information content (AvgIpc) is 3.40. The molecule has 7 heteroatoms. The van der Waals surface area contributed by atoms with Gasteiger partial charge in [0, 0.05) is 35.2 Å². The molecule has 1 aliphatic carbocycles. The molecule has 7 nitrogen and oxygen atoms in total. The molecule has 1 heterocycles. The highest BCUT2D eigenvalue weighted by molar-refractivity contribution is 5.82. The van der Waals surface area contributed by atoms with Crippen molar-refractivity contribution in [2.45, 2.75) is 19.0 Å². The number of amides is 1. The number of carbonyl (C=O) groups excluding carboxylic acids is 1. The van der Waals surface area contributed by atoms with Crippen molar-refractivity contribution in [3.8, 4) is 16.9 Å². The molecule has 0 radical (unpaired) electrons. The molecule has 3 aromatic rings. The number of nitrogens with zero attached hydrogens (tertiary/aromatic N) is 3. The molecule has 1 amide bonds. The predicted octanol–water partition coefficient (Wildman–Crippen LogP) is 2.82. The maximum Gasteiger partial charge on any atom is 0.230 e. The lowest BCUT2D eigenvalue weighted by Gasteiger charge is -2.04. The van der Waals surface area contributed by atoms with Gasteiger partial charge in [-0.2, -0.15) is 5.10 Å². The van der Waals surface area contributed by atoms with Crippen molar-refractivity contribution >= 4 is 5.91 Å². The summed E-state index contributed by atoms with van der Waals surface area (Å²) in [6, 6.07) is 18.7. The summed E-state index contributed by atoms with van der Waals surface area (Å²) in [7, 11) is 0. The zero-order valence-electron chi connectivity index (χ0n) is 14.5. The average molecular weight is 362 g/mol. The van der Waals surface area contributed by atoms with Crippen LogP contribution in [0.5, 0.6) is 0 Å². The van der Waals surface area contributed by atoms with Gasteiger partial charge in [0.2, 0.25) is 11.9 Å². The molecule has 2 atom stereocenters. The third-order valence-corrected chi connectivity index (χ3v) is 4.68. The maximum atomic E-state index is 12.2. The topological polar surface area (TPSA) is 90.1 Å². The van der Waals surface area contributed by atoms with Crippen molar-refractivity contribution in [1.82, 2.24) is 15.1 Å². The zero-order valence-corrected chi connectivity index (χ0v) is 14.5. The first kappa shape index (κ1) is 17.0. The van der Waals surface area contributed by atoms with Crippen molar-refractivity contribution < 1.29 is 9.72 Å². The van der Waals surface area contributed by atoms with E-state index in [1.54, 1.807) is 4.68 Å². The van der Waals surface area contributed by atoms with E-state index in [1.165, 1.54) is 0 Å². The van der Waals surface area contributed by atoms with Crippen LogP contribution in [0.1, 0.15) is 12.0 Å². The summed E-state index contributed by atoms with van der Waals surface area (Å²) < 4.78 is 1.78. The van der Waals surface area contributed by atoms with E-state index in [9.17, 15) is 14.9 Å². The Morgan fingerprint density at radius 2 is 1.81 bits per heavy atom. The summed E-state index contributed by atoms with van der Waals surface area (Å²) >= 11 is 0. The van der Waals surface area contributed by atoms with Crippen LogP contribution in [0.15, 0.2) is 66.9 Å².